The first-order chi connectivity index (χ1) is 16.6. The zero-order chi connectivity index (χ0) is 26.5. The predicted molar refractivity (Wildman–Crippen MR) is 134 cm³/mol. The van der Waals surface area contributed by atoms with Crippen LogP contribution in [-0.2, 0) is 19.4 Å². The van der Waals surface area contributed by atoms with Crippen LogP contribution in [0.1, 0.15) is 110 Å². The monoisotopic (exact) mass is 527 g/mol. The van der Waals surface area contributed by atoms with Gasteiger partial charge in [-0.3, -0.25) is 9.35 Å². The number of rotatable bonds is 24. The van der Waals surface area contributed by atoms with E-state index in [2.05, 4.69) is 16.4 Å². The van der Waals surface area contributed by atoms with Gasteiger partial charge in [-0.15, -0.1) is 0 Å². The number of unbranched alkanes of at least 4 members (excludes halogenated alkanes) is 15. The van der Waals surface area contributed by atoms with Crippen LogP contribution in [0.3, 0.4) is 0 Å². The molecule has 10 nitrogen and oxygen atoms in total. The number of hydrogen-bond acceptors (Lipinski definition) is 8. The van der Waals surface area contributed by atoms with Gasteiger partial charge in [0.1, 0.15) is 18.3 Å². The summed E-state index contributed by atoms with van der Waals surface area (Å²) in [5.74, 6) is -0.916. The first-order valence-electron chi connectivity index (χ1n) is 13.2. The van der Waals surface area contributed by atoms with Gasteiger partial charge in [0.25, 0.3) is 5.91 Å². The lowest BCUT2D eigenvalue weighted by Crippen LogP contribution is -2.52. The van der Waals surface area contributed by atoms with Crippen molar-refractivity contribution >= 4 is 16.3 Å². The first-order valence-corrected chi connectivity index (χ1v) is 14.6. The predicted octanol–water partition coefficient (Wildman–Crippen LogP) is 2.63. The Morgan fingerprint density at radius 3 is 1.51 bits per heavy atom. The van der Waals surface area contributed by atoms with Crippen molar-refractivity contribution in [3.05, 3.63) is 0 Å². The van der Waals surface area contributed by atoms with Gasteiger partial charge in [-0.25, -0.2) is 4.18 Å². The van der Waals surface area contributed by atoms with E-state index in [1.54, 1.807) is 0 Å². The van der Waals surface area contributed by atoms with Crippen molar-refractivity contribution in [3.8, 4) is 0 Å². The van der Waals surface area contributed by atoms with E-state index in [0.29, 0.717) is 13.0 Å². The largest absolute Gasteiger partial charge is 0.397 e. The molecule has 0 aromatic carbocycles. The highest BCUT2D eigenvalue weighted by atomic mass is 32.3. The number of hydrogen-bond donors (Lipinski definition) is 6. The second-order valence-corrected chi connectivity index (χ2v) is 10.4. The Morgan fingerprint density at radius 2 is 1.11 bits per heavy atom. The second-order valence-electron chi connectivity index (χ2n) is 9.30. The summed E-state index contributed by atoms with van der Waals surface area (Å²) in [7, 11) is -4.84. The van der Waals surface area contributed by atoms with Gasteiger partial charge in [0, 0.05) is 6.54 Å². The fraction of sp³-hybridized carbons (Fsp3) is 0.958. The Bertz CT molecular complexity index is 618. The maximum atomic E-state index is 11.9. The molecule has 0 heterocycles. The molecule has 0 bridgehead atoms. The summed E-state index contributed by atoms with van der Waals surface area (Å²) >= 11 is 0. The summed E-state index contributed by atoms with van der Waals surface area (Å²) in [4.78, 5) is 11.9. The summed E-state index contributed by atoms with van der Waals surface area (Å²) in [6, 6.07) is 0. The normalized spacial score (nSPS) is 15.5. The standard InChI is InChI=1S/C24H49NO9S/c1-2-3-4-5-6-7-8-9-10-11-12-13-14-15-16-17-18-25-24(30)23(29)22(28)21(27)20(26)19-34-35(31,32)33/h20-23,26-29H,2-19H2,1H3,(H,25,30)(H,31,32,33)/t20-,21-,22+,23-/m1/s1. The molecule has 6 N–H and O–H groups in total. The van der Waals surface area contributed by atoms with E-state index < -0.39 is 47.3 Å². The number of carbonyl (C=O) groups is 1. The Hall–Kier alpha value is -0.820. The van der Waals surface area contributed by atoms with Gasteiger partial charge < -0.3 is 25.7 Å². The molecule has 0 unspecified atom stereocenters. The number of aliphatic hydroxyl groups excluding tert-OH is 4. The van der Waals surface area contributed by atoms with Gasteiger partial charge in [-0.1, -0.05) is 103 Å². The topological polar surface area (TPSA) is 174 Å². The Balaban J connectivity index is 3.66. The van der Waals surface area contributed by atoms with Crippen molar-refractivity contribution in [1.82, 2.24) is 5.32 Å². The van der Waals surface area contributed by atoms with Crippen LogP contribution in [0, 0.1) is 0 Å². The molecule has 0 saturated carbocycles. The molecule has 0 radical (unpaired) electrons. The van der Waals surface area contributed by atoms with E-state index in [4.69, 9.17) is 4.55 Å². The highest BCUT2D eigenvalue weighted by molar-refractivity contribution is 7.80. The molecule has 0 fully saturated rings. The number of carbonyl (C=O) groups excluding carboxylic acids is 1. The molecule has 4 atom stereocenters. The third-order valence-electron chi connectivity index (χ3n) is 6.05. The molecule has 35 heavy (non-hydrogen) atoms. The third kappa shape index (κ3) is 20.0. The van der Waals surface area contributed by atoms with Crippen LogP contribution in [0.25, 0.3) is 0 Å². The van der Waals surface area contributed by atoms with Gasteiger partial charge in [0.05, 0.1) is 6.61 Å². The zero-order valence-electron chi connectivity index (χ0n) is 21.3. The van der Waals surface area contributed by atoms with E-state index in [-0.39, 0.29) is 0 Å². The van der Waals surface area contributed by atoms with Crippen LogP contribution in [-0.4, -0.2) is 76.9 Å². The van der Waals surface area contributed by atoms with Crippen molar-refractivity contribution in [1.29, 1.82) is 0 Å². The molecule has 0 saturated heterocycles. The molecular formula is C24H49NO9S. The maximum Gasteiger partial charge on any atom is 0.397 e. The van der Waals surface area contributed by atoms with Crippen LogP contribution >= 0.6 is 0 Å². The van der Waals surface area contributed by atoms with Gasteiger partial charge in [-0.2, -0.15) is 8.42 Å². The lowest BCUT2D eigenvalue weighted by Gasteiger charge is -2.25. The average Bonchev–Trinajstić information content (AvgIpc) is 2.82. The quantitative estimate of drug-likeness (QED) is 0.0814. The molecule has 0 aliphatic rings. The second kappa shape index (κ2) is 21.3. The lowest BCUT2D eigenvalue weighted by atomic mass is 10.0. The molecule has 0 aliphatic heterocycles. The van der Waals surface area contributed by atoms with E-state index in [0.717, 1.165) is 19.3 Å². The van der Waals surface area contributed by atoms with Crippen LogP contribution in [0.2, 0.25) is 0 Å². The van der Waals surface area contributed by atoms with Crippen LogP contribution in [0.4, 0.5) is 0 Å². The Morgan fingerprint density at radius 1 is 0.714 bits per heavy atom. The van der Waals surface area contributed by atoms with Crippen molar-refractivity contribution in [2.45, 2.75) is 134 Å². The van der Waals surface area contributed by atoms with Crippen molar-refractivity contribution in [2.75, 3.05) is 13.2 Å². The smallest absolute Gasteiger partial charge is 0.388 e. The molecule has 11 heteroatoms. The minimum absolute atomic E-state index is 0.297. The van der Waals surface area contributed by atoms with Crippen molar-refractivity contribution in [2.24, 2.45) is 0 Å². The van der Waals surface area contributed by atoms with Crippen LogP contribution < -0.4 is 5.32 Å². The molecule has 0 rings (SSSR count). The minimum Gasteiger partial charge on any atom is -0.388 e. The molecule has 0 spiro atoms. The van der Waals surface area contributed by atoms with E-state index >= 15 is 0 Å². The Labute approximate surface area is 211 Å². The zero-order valence-corrected chi connectivity index (χ0v) is 22.1. The summed E-state index contributed by atoms with van der Waals surface area (Å²) in [6.45, 7) is 1.49. The number of nitrogens with one attached hydrogen (secondary N) is 1. The highest BCUT2D eigenvalue weighted by Gasteiger charge is 2.34. The van der Waals surface area contributed by atoms with E-state index in [9.17, 15) is 33.6 Å². The average molecular weight is 528 g/mol. The molecule has 0 aromatic heterocycles. The molecule has 0 aromatic rings. The summed E-state index contributed by atoms with van der Waals surface area (Å²) in [5, 5.41) is 41.4. The lowest BCUT2D eigenvalue weighted by molar-refractivity contribution is -0.148. The molecule has 0 aliphatic carbocycles. The fourth-order valence-electron chi connectivity index (χ4n) is 3.81. The SMILES string of the molecule is CCCCCCCCCCCCCCCCCCNC(=O)[C@H](O)[C@@H](O)[C@H](O)[C@H](O)COS(=O)(=O)O. The maximum absolute atomic E-state index is 11.9. The third-order valence-corrected chi connectivity index (χ3v) is 6.49. The summed E-state index contributed by atoms with van der Waals surface area (Å²) in [6.07, 6.45) is 11.6. The van der Waals surface area contributed by atoms with Gasteiger partial charge in [0.15, 0.2) is 6.10 Å². The van der Waals surface area contributed by atoms with Gasteiger partial charge >= 0.3 is 10.4 Å². The molecule has 210 valence electrons. The first kappa shape index (κ1) is 34.2. The van der Waals surface area contributed by atoms with Gasteiger partial charge in [0.2, 0.25) is 0 Å². The summed E-state index contributed by atoms with van der Waals surface area (Å²) < 4.78 is 33.3. The van der Waals surface area contributed by atoms with Crippen molar-refractivity contribution < 1.29 is 42.4 Å². The molecule has 1 amide bonds. The number of amides is 1. The van der Waals surface area contributed by atoms with Crippen LogP contribution in [0.15, 0.2) is 0 Å². The summed E-state index contributed by atoms with van der Waals surface area (Å²) in [5.41, 5.74) is 0. The van der Waals surface area contributed by atoms with E-state index in [1.165, 1.54) is 77.0 Å². The fourth-order valence-corrected chi connectivity index (χ4v) is 4.12. The minimum atomic E-state index is -4.84. The van der Waals surface area contributed by atoms with Crippen molar-refractivity contribution in [3.63, 3.8) is 0 Å². The van der Waals surface area contributed by atoms with Gasteiger partial charge in [-0.05, 0) is 6.42 Å². The van der Waals surface area contributed by atoms with Crippen LogP contribution in [0.5, 0.6) is 0 Å². The highest BCUT2D eigenvalue weighted by Crippen LogP contribution is 2.14. The molecular weight excluding hydrogens is 478 g/mol. The van der Waals surface area contributed by atoms with E-state index in [1.807, 2.05) is 0 Å². The Kier molecular flexibility index (Phi) is 20.8. The number of aliphatic hydroxyl groups is 4.